The molecule has 0 aliphatic heterocycles. The van der Waals surface area contributed by atoms with E-state index in [9.17, 15) is 4.79 Å². The van der Waals surface area contributed by atoms with Gasteiger partial charge in [-0.1, -0.05) is 18.2 Å². The summed E-state index contributed by atoms with van der Waals surface area (Å²) in [6, 6.07) is 13.5. The third kappa shape index (κ3) is 5.29. The maximum absolute atomic E-state index is 12.1. The van der Waals surface area contributed by atoms with Crippen LogP contribution in [0.5, 0.6) is 5.75 Å². The zero-order valence-electron chi connectivity index (χ0n) is 14.4. The van der Waals surface area contributed by atoms with E-state index in [1.807, 2.05) is 47.8 Å². The summed E-state index contributed by atoms with van der Waals surface area (Å²) in [6.45, 7) is 0.579. The SMILES string of the molecule is COc1cccc(CCNC(=O)Cc2csc(Nc3ccccn3)n2)c1. The summed E-state index contributed by atoms with van der Waals surface area (Å²) in [4.78, 5) is 20.7. The number of hydrogen-bond acceptors (Lipinski definition) is 6. The van der Waals surface area contributed by atoms with Crippen LogP contribution >= 0.6 is 11.3 Å². The van der Waals surface area contributed by atoms with Gasteiger partial charge in [0.1, 0.15) is 11.6 Å². The molecule has 0 unspecified atom stereocenters. The molecule has 1 aromatic carbocycles. The Morgan fingerprint density at radius 1 is 1.23 bits per heavy atom. The number of pyridine rings is 1. The van der Waals surface area contributed by atoms with E-state index < -0.39 is 0 Å². The van der Waals surface area contributed by atoms with Crippen molar-refractivity contribution in [3.8, 4) is 5.75 Å². The predicted octanol–water partition coefficient (Wildman–Crippen LogP) is 3.19. The summed E-state index contributed by atoms with van der Waals surface area (Å²) >= 11 is 1.46. The average Bonchev–Trinajstić information content (AvgIpc) is 3.09. The molecular formula is C19H20N4O2S. The molecule has 7 heteroatoms. The van der Waals surface area contributed by atoms with Crippen LogP contribution in [0.15, 0.2) is 54.0 Å². The molecule has 3 aromatic rings. The van der Waals surface area contributed by atoms with Crippen LogP contribution < -0.4 is 15.4 Å². The number of methoxy groups -OCH3 is 1. The van der Waals surface area contributed by atoms with Crippen molar-refractivity contribution in [2.24, 2.45) is 0 Å². The molecule has 0 aliphatic rings. The summed E-state index contributed by atoms with van der Waals surface area (Å²) in [6.07, 6.45) is 2.73. The largest absolute Gasteiger partial charge is 0.497 e. The Hall–Kier alpha value is -2.93. The van der Waals surface area contributed by atoms with Crippen LogP contribution in [-0.4, -0.2) is 29.5 Å². The molecule has 0 radical (unpaired) electrons. The maximum atomic E-state index is 12.1. The van der Waals surface area contributed by atoms with Gasteiger partial charge < -0.3 is 15.4 Å². The number of nitrogens with zero attached hydrogens (tertiary/aromatic N) is 2. The van der Waals surface area contributed by atoms with Gasteiger partial charge in [-0.05, 0) is 36.2 Å². The number of benzene rings is 1. The van der Waals surface area contributed by atoms with Crippen LogP contribution in [0.1, 0.15) is 11.3 Å². The van der Waals surface area contributed by atoms with Crippen LogP contribution in [0, 0.1) is 0 Å². The van der Waals surface area contributed by atoms with E-state index in [-0.39, 0.29) is 12.3 Å². The molecule has 2 N–H and O–H groups in total. The molecule has 0 saturated heterocycles. The van der Waals surface area contributed by atoms with Crippen molar-refractivity contribution < 1.29 is 9.53 Å². The van der Waals surface area contributed by atoms with Crippen molar-refractivity contribution in [3.05, 3.63) is 65.3 Å². The molecule has 0 spiro atoms. The summed E-state index contributed by atoms with van der Waals surface area (Å²) in [5.74, 6) is 1.52. The van der Waals surface area contributed by atoms with E-state index in [0.29, 0.717) is 6.54 Å². The van der Waals surface area contributed by atoms with Gasteiger partial charge in [-0.3, -0.25) is 4.79 Å². The fraction of sp³-hybridized carbons (Fsp3) is 0.211. The van der Waals surface area contributed by atoms with Crippen molar-refractivity contribution in [1.82, 2.24) is 15.3 Å². The quantitative estimate of drug-likeness (QED) is 0.639. The van der Waals surface area contributed by atoms with Crippen molar-refractivity contribution in [2.75, 3.05) is 19.0 Å². The molecule has 2 heterocycles. The number of ether oxygens (including phenoxy) is 1. The molecule has 0 saturated carbocycles. The Morgan fingerprint density at radius 3 is 2.96 bits per heavy atom. The second-order valence-corrected chi connectivity index (χ2v) is 6.47. The highest BCUT2D eigenvalue weighted by atomic mass is 32.1. The van der Waals surface area contributed by atoms with Crippen LogP contribution in [0.25, 0.3) is 0 Å². The summed E-state index contributed by atoms with van der Waals surface area (Å²) in [5, 5.41) is 8.66. The molecular weight excluding hydrogens is 348 g/mol. The third-order valence-electron chi connectivity index (χ3n) is 3.66. The van der Waals surface area contributed by atoms with Gasteiger partial charge in [0.15, 0.2) is 5.13 Å². The van der Waals surface area contributed by atoms with Crippen molar-refractivity contribution in [1.29, 1.82) is 0 Å². The minimum atomic E-state index is -0.0393. The lowest BCUT2D eigenvalue weighted by molar-refractivity contribution is -0.120. The monoisotopic (exact) mass is 368 g/mol. The zero-order valence-corrected chi connectivity index (χ0v) is 15.3. The number of rotatable bonds is 8. The molecule has 134 valence electrons. The Kier molecular flexibility index (Phi) is 6.16. The average molecular weight is 368 g/mol. The van der Waals surface area contributed by atoms with Gasteiger partial charge in [0, 0.05) is 18.1 Å². The number of nitrogens with one attached hydrogen (secondary N) is 2. The Bertz CT molecular complexity index is 852. The molecule has 26 heavy (non-hydrogen) atoms. The van der Waals surface area contributed by atoms with Gasteiger partial charge in [-0.2, -0.15) is 0 Å². The van der Waals surface area contributed by atoms with Gasteiger partial charge in [-0.15, -0.1) is 11.3 Å². The molecule has 0 atom stereocenters. The van der Waals surface area contributed by atoms with Crippen LogP contribution in [0.4, 0.5) is 10.9 Å². The van der Waals surface area contributed by atoms with Gasteiger partial charge in [0.05, 0.1) is 19.2 Å². The fourth-order valence-corrected chi connectivity index (χ4v) is 3.11. The number of thiazole rings is 1. The number of amides is 1. The standard InChI is InChI=1S/C19H20N4O2S/c1-25-16-6-4-5-14(11-16)8-10-21-18(24)12-15-13-26-19(22-15)23-17-7-2-3-9-20-17/h2-7,9,11,13H,8,10,12H2,1H3,(H,21,24)(H,20,22,23). The zero-order chi connectivity index (χ0) is 18.2. The second kappa shape index (κ2) is 8.96. The lowest BCUT2D eigenvalue weighted by Gasteiger charge is -2.06. The van der Waals surface area contributed by atoms with Gasteiger partial charge in [-0.25, -0.2) is 9.97 Å². The Morgan fingerprint density at radius 2 is 2.15 bits per heavy atom. The van der Waals surface area contributed by atoms with Crippen LogP contribution in [0.3, 0.4) is 0 Å². The molecule has 0 bridgehead atoms. The van der Waals surface area contributed by atoms with Crippen molar-refractivity contribution in [2.45, 2.75) is 12.8 Å². The van der Waals surface area contributed by atoms with E-state index in [4.69, 9.17) is 4.74 Å². The van der Waals surface area contributed by atoms with E-state index >= 15 is 0 Å². The predicted molar refractivity (Wildman–Crippen MR) is 103 cm³/mol. The van der Waals surface area contributed by atoms with Gasteiger partial charge >= 0.3 is 0 Å². The number of hydrogen-bond donors (Lipinski definition) is 2. The second-order valence-electron chi connectivity index (χ2n) is 5.61. The minimum Gasteiger partial charge on any atom is -0.497 e. The van der Waals surface area contributed by atoms with Gasteiger partial charge in [0.2, 0.25) is 5.91 Å². The minimum absolute atomic E-state index is 0.0393. The van der Waals surface area contributed by atoms with Crippen molar-refractivity contribution in [3.63, 3.8) is 0 Å². The highest BCUT2D eigenvalue weighted by molar-refractivity contribution is 7.13. The van der Waals surface area contributed by atoms with E-state index in [0.717, 1.165) is 34.4 Å². The molecule has 0 aliphatic carbocycles. The lowest BCUT2D eigenvalue weighted by atomic mass is 10.1. The fourth-order valence-electron chi connectivity index (χ4n) is 2.39. The summed E-state index contributed by atoms with van der Waals surface area (Å²) in [7, 11) is 1.64. The summed E-state index contributed by atoms with van der Waals surface area (Å²) < 4.78 is 5.20. The van der Waals surface area contributed by atoms with Crippen molar-refractivity contribution >= 4 is 28.2 Å². The van der Waals surface area contributed by atoms with Crippen LogP contribution in [0.2, 0.25) is 0 Å². The molecule has 1 amide bonds. The third-order valence-corrected chi connectivity index (χ3v) is 4.47. The number of aromatic nitrogens is 2. The Labute approximate surface area is 156 Å². The van der Waals surface area contributed by atoms with Crippen LogP contribution in [-0.2, 0) is 17.6 Å². The molecule has 6 nitrogen and oxygen atoms in total. The van der Waals surface area contributed by atoms with E-state index in [1.54, 1.807) is 13.3 Å². The topological polar surface area (TPSA) is 76.1 Å². The van der Waals surface area contributed by atoms with E-state index in [2.05, 4.69) is 20.6 Å². The van der Waals surface area contributed by atoms with Gasteiger partial charge in [0.25, 0.3) is 0 Å². The number of carbonyl (C=O) groups is 1. The first kappa shape index (κ1) is 17.9. The smallest absolute Gasteiger partial charge is 0.226 e. The normalized spacial score (nSPS) is 10.3. The summed E-state index contributed by atoms with van der Waals surface area (Å²) in [5.41, 5.74) is 1.87. The first-order chi connectivity index (χ1) is 12.7. The highest BCUT2D eigenvalue weighted by Crippen LogP contribution is 2.19. The Balaban J connectivity index is 1.45. The molecule has 3 rings (SSSR count). The van der Waals surface area contributed by atoms with E-state index in [1.165, 1.54) is 11.3 Å². The first-order valence-corrected chi connectivity index (χ1v) is 9.13. The first-order valence-electron chi connectivity index (χ1n) is 8.25. The number of carbonyl (C=O) groups excluding carboxylic acids is 1. The molecule has 0 fully saturated rings. The highest BCUT2D eigenvalue weighted by Gasteiger charge is 2.08. The number of anilines is 2. The lowest BCUT2D eigenvalue weighted by Crippen LogP contribution is -2.27. The molecule has 2 aromatic heterocycles. The maximum Gasteiger partial charge on any atom is 0.226 e.